The molecule has 5 heteroatoms. The molecule has 2 rings (SSSR count). The van der Waals surface area contributed by atoms with Crippen molar-refractivity contribution in [2.75, 3.05) is 5.32 Å². The number of aromatic hydroxyl groups is 1. The lowest BCUT2D eigenvalue weighted by molar-refractivity contribution is 0.102. The summed E-state index contributed by atoms with van der Waals surface area (Å²) in [6.07, 6.45) is 4.35. The summed E-state index contributed by atoms with van der Waals surface area (Å²) in [5.41, 5.74) is 1.55. The van der Waals surface area contributed by atoms with E-state index in [1.165, 1.54) is 24.7 Å². The minimum absolute atomic E-state index is 0.197. The highest BCUT2D eigenvalue weighted by atomic mass is 16.3. The number of aryl methyl sites for hydroxylation is 1. The van der Waals surface area contributed by atoms with Crippen LogP contribution in [0.1, 0.15) is 16.1 Å². The number of phenols is 1. The summed E-state index contributed by atoms with van der Waals surface area (Å²) in [6, 6.07) is 4.84. The van der Waals surface area contributed by atoms with Crippen LogP contribution in [0.15, 0.2) is 36.8 Å². The second-order valence-corrected chi connectivity index (χ2v) is 3.55. The van der Waals surface area contributed by atoms with Gasteiger partial charge in [0, 0.05) is 18.1 Å². The van der Waals surface area contributed by atoms with Crippen LogP contribution in [0, 0.1) is 6.92 Å². The number of anilines is 1. The zero-order valence-corrected chi connectivity index (χ0v) is 9.21. The molecule has 0 spiro atoms. The standard InChI is InChI=1S/C12H11N3O2/c1-8-6-9(2-3-11(8)16)15-12(17)10-7-13-4-5-14-10/h2-7,16H,1H3,(H,15,17). The van der Waals surface area contributed by atoms with Gasteiger partial charge in [0.05, 0.1) is 6.20 Å². The van der Waals surface area contributed by atoms with Gasteiger partial charge in [0.1, 0.15) is 11.4 Å². The van der Waals surface area contributed by atoms with Gasteiger partial charge in [0.25, 0.3) is 5.91 Å². The van der Waals surface area contributed by atoms with Crippen molar-refractivity contribution in [3.05, 3.63) is 48.0 Å². The van der Waals surface area contributed by atoms with Crippen LogP contribution in [0.4, 0.5) is 5.69 Å². The van der Waals surface area contributed by atoms with Crippen molar-refractivity contribution in [2.24, 2.45) is 0 Å². The molecule has 0 unspecified atom stereocenters. The van der Waals surface area contributed by atoms with E-state index in [2.05, 4.69) is 15.3 Å². The number of benzene rings is 1. The highest BCUT2D eigenvalue weighted by Crippen LogP contribution is 2.20. The summed E-state index contributed by atoms with van der Waals surface area (Å²) >= 11 is 0. The number of nitrogens with zero attached hydrogens (tertiary/aromatic N) is 2. The van der Waals surface area contributed by atoms with Gasteiger partial charge < -0.3 is 10.4 Å². The van der Waals surface area contributed by atoms with E-state index in [1.807, 2.05) is 0 Å². The Morgan fingerprint density at radius 1 is 1.35 bits per heavy atom. The third-order valence-corrected chi connectivity index (χ3v) is 2.25. The Kier molecular flexibility index (Phi) is 3.00. The Labute approximate surface area is 98.2 Å². The van der Waals surface area contributed by atoms with Crippen LogP contribution in [0.5, 0.6) is 5.75 Å². The number of phenolic OH excluding ortho intramolecular Hbond substituents is 1. The average Bonchev–Trinajstić information content (AvgIpc) is 2.35. The SMILES string of the molecule is Cc1cc(NC(=O)c2cnccn2)ccc1O. The average molecular weight is 229 g/mol. The molecule has 0 saturated heterocycles. The van der Waals surface area contributed by atoms with Crippen LogP contribution in [-0.4, -0.2) is 21.0 Å². The molecule has 17 heavy (non-hydrogen) atoms. The van der Waals surface area contributed by atoms with E-state index < -0.39 is 0 Å². The number of carbonyl (C=O) groups excluding carboxylic acids is 1. The predicted octanol–water partition coefficient (Wildman–Crippen LogP) is 1.74. The first-order chi connectivity index (χ1) is 8.16. The number of rotatable bonds is 2. The fourth-order valence-electron chi connectivity index (χ4n) is 1.34. The smallest absolute Gasteiger partial charge is 0.275 e. The molecule has 1 aromatic carbocycles. The molecule has 0 aliphatic carbocycles. The maximum Gasteiger partial charge on any atom is 0.275 e. The highest BCUT2D eigenvalue weighted by molar-refractivity contribution is 6.02. The molecule has 0 saturated carbocycles. The predicted molar refractivity (Wildman–Crippen MR) is 62.8 cm³/mol. The molecule has 2 aromatic rings. The number of nitrogens with one attached hydrogen (secondary N) is 1. The van der Waals surface area contributed by atoms with Gasteiger partial charge in [-0.3, -0.25) is 9.78 Å². The van der Waals surface area contributed by atoms with Crippen LogP contribution >= 0.6 is 0 Å². The van der Waals surface area contributed by atoms with Gasteiger partial charge in [-0.05, 0) is 30.7 Å². The van der Waals surface area contributed by atoms with Crippen LogP contribution in [0.25, 0.3) is 0 Å². The normalized spacial score (nSPS) is 9.94. The van der Waals surface area contributed by atoms with Gasteiger partial charge in [-0.15, -0.1) is 0 Å². The second-order valence-electron chi connectivity index (χ2n) is 3.55. The zero-order valence-electron chi connectivity index (χ0n) is 9.21. The van der Waals surface area contributed by atoms with Gasteiger partial charge in [-0.2, -0.15) is 0 Å². The van der Waals surface area contributed by atoms with Gasteiger partial charge in [-0.25, -0.2) is 4.98 Å². The fourth-order valence-corrected chi connectivity index (χ4v) is 1.34. The number of hydrogen-bond donors (Lipinski definition) is 2. The van der Waals surface area contributed by atoms with Crippen molar-refractivity contribution in [1.29, 1.82) is 0 Å². The molecule has 86 valence electrons. The number of hydrogen-bond acceptors (Lipinski definition) is 4. The second kappa shape index (κ2) is 4.61. The maximum atomic E-state index is 11.7. The molecular formula is C12H11N3O2. The quantitative estimate of drug-likeness (QED) is 0.769. The molecule has 0 atom stereocenters. The summed E-state index contributed by atoms with van der Waals surface area (Å²) in [7, 11) is 0. The molecule has 0 aliphatic heterocycles. The van der Waals surface area contributed by atoms with Crippen LogP contribution in [0.3, 0.4) is 0 Å². The first-order valence-corrected chi connectivity index (χ1v) is 5.04. The highest BCUT2D eigenvalue weighted by Gasteiger charge is 2.07. The van der Waals surface area contributed by atoms with E-state index in [0.29, 0.717) is 11.3 Å². The molecule has 1 heterocycles. The van der Waals surface area contributed by atoms with Gasteiger partial charge in [0.2, 0.25) is 0 Å². The minimum atomic E-state index is -0.330. The van der Waals surface area contributed by atoms with Crippen LogP contribution in [0.2, 0.25) is 0 Å². The van der Waals surface area contributed by atoms with Crippen molar-refractivity contribution >= 4 is 11.6 Å². The molecule has 2 N–H and O–H groups in total. The molecule has 5 nitrogen and oxygen atoms in total. The van der Waals surface area contributed by atoms with Crippen LogP contribution in [-0.2, 0) is 0 Å². The van der Waals surface area contributed by atoms with Crippen LogP contribution < -0.4 is 5.32 Å². The van der Waals surface area contributed by atoms with Crippen molar-refractivity contribution in [2.45, 2.75) is 6.92 Å². The maximum absolute atomic E-state index is 11.7. The summed E-state index contributed by atoms with van der Waals surface area (Å²) in [4.78, 5) is 19.4. The lowest BCUT2D eigenvalue weighted by atomic mass is 10.2. The van der Waals surface area contributed by atoms with E-state index in [-0.39, 0.29) is 17.4 Å². The lowest BCUT2D eigenvalue weighted by Crippen LogP contribution is -2.13. The Morgan fingerprint density at radius 3 is 2.82 bits per heavy atom. The Balaban J connectivity index is 2.16. The van der Waals surface area contributed by atoms with Gasteiger partial charge >= 0.3 is 0 Å². The van der Waals surface area contributed by atoms with Gasteiger partial charge in [-0.1, -0.05) is 0 Å². The van der Waals surface area contributed by atoms with E-state index in [1.54, 1.807) is 19.1 Å². The molecule has 1 amide bonds. The Bertz CT molecular complexity index is 541. The Hall–Kier alpha value is -2.43. The van der Waals surface area contributed by atoms with Crippen molar-refractivity contribution < 1.29 is 9.90 Å². The molecule has 0 fully saturated rings. The molecule has 0 bridgehead atoms. The van der Waals surface area contributed by atoms with Crippen molar-refractivity contribution in [3.8, 4) is 5.75 Å². The number of aromatic nitrogens is 2. The van der Waals surface area contributed by atoms with E-state index in [0.717, 1.165) is 0 Å². The molecule has 0 aliphatic rings. The van der Waals surface area contributed by atoms with Crippen molar-refractivity contribution in [3.63, 3.8) is 0 Å². The summed E-state index contributed by atoms with van der Waals surface area (Å²) in [5.74, 6) is -0.134. The minimum Gasteiger partial charge on any atom is -0.508 e. The van der Waals surface area contributed by atoms with E-state index in [9.17, 15) is 9.90 Å². The Morgan fingerprint density at radius 2 is 2.18 bits per heavy atom. The van der Waals surface area contributed by atoms with E-state index >= 15 is 0 Å². The molecule has 0 radical (unpaired) electrons. The molecular weight excluding hydrogens is 218 g/mol. The summed E-state index contributed by atoms with van der Waals surface area (Å²) in [6.45, 7) is 1.76. The zero-order chi connectivity index (χ0) is 12.3. The lowest BCUT2D eigenvalue weighted by Gasteiger charge is -2.06. The van der Waals surface area contributed by atoms with Crippen molar-refractivity contribution in [1.82, 2.24) is 9.97 Å². The third kappa shape index (κ3) is 2.57. The first-order valence-electron chi connectivity index (χ1n) is 5.04. The number of carbonyl (C=O) groups is 1. The van der Waals surface area contributed by atoms with E-state index in [4.69, 9.17) is 0 Å². The van der Waals surface area contributed by atoms with Gasteiger partial charge in [0.15, 0.2) is 0 Å². The summed E-state index contributed by atoms with van der Waals surface area (Å²) in [5, 5.41) is 12.0. The first kappa shape index (κ1) is 11.1. The number of amides is 1. The monoisotopic (exact) mass is 229 g/mol. The largest absolute Gasteiger partial charge is 0.508 e. The fraction of sp³-hybridized carbons (Fsp3) is 0.0833. The molecule has 1 aromatic heterocycles. The topological polar surface area (TPSA) is 75.1 Å². The third-order valence-electron chi connectivity index (χ3n) is 2.25. The summed E-state index contributed by atoms with van der Waals surface area (Å²) < 4.78 is 0.